The minimum atomic E-state index is -4.88. The molecule has 0 aliphatic rings. The van der Waals surface area contributed by atoms with E-state index in [2.05, 4.69) is 86.2 Å². The smallest absolute Gasteiger partial charge is 0.850 e. The number of alkyl halides is 3. The summed E-state index contributed by atoms with van der Waals surface area (Å²) >= 11 is 8.98. The molecule has 692 valence electrons. The Kier molecular flexibility index (Phi) is 20.5. The van der Waals surface area contributed by atoms with E-state index in [1.807, 2.05) is 97.1 Å². The zero-order chi connectivity index (χ0) is 169. The topological polar surface area (TPSA) is 40.1 Å². The van der Waals surface area contributed by atoms with Crippen molar-refractivity contribution in [2.75, 3.05) is 0 Å². The molecule has 12 aromatic rings. The van der Waals surface area contributed by atoms with Crippen molar-refractivity contribution in [3.63, 3.8) is 0 Å². The number of halogens is 18. The molecule has 0 aliphatic carbocycles. The van der Waals surface area contributed by atoms with Gasteiger partial charge in [0.2, 0.25) is 0 Å². The molecule has 0 aliphatic heterocycles. The van der Waals surface area contributed by atoms with Crippen LogP contribution in [0, 0.1) is 92.4 Å². The van der Waals surface area contributed by atoms with Gasteiger partial charge in [-0.05, 0) is 236 Å². The third-order valence-electron chi connectivity index (χ3n) is 17.5. The van der Waals surface area contributed by atoms with E-state index in [9.17, 15) is 75.8 Å². The van der Waals surface area contributed by atoms with Gasteiger partial charge in [0.1, 0.15) is 69.8 Å². The molecule has 0 N–H and O–H groups in total. The van der Waals surface area contributed by atoms with Crippen molar-refractivity contribution >= 4 is 60.2 Å². The molecular formula is C97H165Br3F15KO2. The van der Waals surface area contributed by atoms with Gasteiger partial charge >= 0.3 is 57.6 Å². The Morgan fingerprint density at radius 1 is 0.356 bits per heavy atom. The molecule has 12 aromatic carbocycles. The van der Waals surface area contributed by atoms with Crippen molar-refractivity contribution < 1.29 is 253 Å². The summed E-state index contributed by atoms with van der Waals surface area (Å²) in [7, 11) is 0. The second-order valence-electron chi connectivity index (χ2n) is 27.5. The van der Waals surface area contributed by atoms with Crippen LogP contribution in [0.5, 0.6) is 0 Å². The average Bonchev–Trinajstić information content (AvgIpc) is 0.809. The number of aryl methyl sites for hydroxylation is 4. The first-order valence-corrected chi connectivity index (χ1v) is 38.9. The number of benzene rings is 12. The third-order valence-corrected chi connectivity index (χ3v) is 18.2. The number of hydrogen-bond acceptors (Lipinski definition) is 2. The van der Waals surface area contributed by atoms with Gasteiger partial charge in [-0.2, -0.15) is 13.2 Å². The van der Waals surface area contributed by atoms with Gasteiger partial charge in [-0.1, -0.05) is 233 Å². The second-order valence-corrected chi connectivity index (χ2v) is 30.7. The van der Waals surface area contributed by atoms with Crippen molar-refractivity contribution in [3.8, 4) is 112 Å². The van der Waals surface area contributed by atoms with Gasteiger partial charge in [0.15, 0.2) is 6.29 Å². The Balaban J connectivity index is -0.0000000416. The van der Waals surface area contributed by atoms with Gasteiger partial charge in [0, 0.05) is 176 Å². The molecule has 0 fully saturated rings. The first-order valence-electron chi connectivity index (χ1n) is 78.6. The maximum absolute atomic E-state index is 14.7. The maximum Gasteiger partial charge on any atom is 1.00 e. The standard InChI is InChI=1S/C24H16F6.C23H17Br2F3.C23H16BrF3.C22H17F3O.C4H9O.CH4.K.43H2/c1-2-3-15-4-6-16(7-5-15)17-8-9-19(21(25)12-17)18-13-22(26)20(23(27)14-18)10-11-24(28,29)30;1-2-3-14-4-6-15(7-5-14)16-8-9-18(20(26)10-16)17-11-21(27)19(13-23(24)25)22(28)12-17;1-2-3-15-4-6-16(7-5-15)17-8-9-19(21(25)12-17)18-13-22(26)20(10-11-24)23(27)14-18;1-2-3-14-4-6-15(7-5-14)16-8-9-18(20(23)10-16)17-11-21(24)19(13-26)22(25)12-17;1-4(2,3)5;;;;;;;;;;;;;;;;;;;;;;;;;;;;;;;;;;;;;;;;;;;;;/h4-9,12-14H,2-3H2,1H3;4-13H,2-3H2,1H3;4-9,12-14H,2-3H2,1H3;4-13H,2-3H2,1H3;1-3H3;1H4;;43*1H/q;;;;-1;;+1;;;;;;;;;;;;;;;;;;;;;;;;;;;;;;;;;;;;;;;;;;;/i;;;;;;;42*1+2T;1+2. The summed E-state index contributed by atoms with van der Waals surface area (Å²) in [6.07, 6.45) is 4.62. The number of rotatable bonds is 18. The van der Waals surface area contributed by atoms with Crippen LogP contribution in [0.3, 0.4) is 0 Å². The molecule has 0 spiro atoms. The van der Waals surface area contributed by atoms with Crippen molar-refractivity contribution in [2.24, 2.45) is 0 Å². The first kappa shape index (κ1) is 52.4. The summed E-state index contributed by atoms with van der Waals surface area (Å²) in [6, 6.07) is 57.5. The maximum atomic E-state index is 14.7. The zero-order valence-corrected chi connectivity index (χ0v) is 72.6. The minimum absolute atomic E-state index is 0. The van der Waals surface area contributed by atoms with Crippen LogP contribution in [-0.4, -0.2) is 18.1 Å². The summed E-state index contributed by atoms with van der Waals surface area (Å²) in [6.45, 7) is 13.3. The number of hydrogen-bond donors (Lipinski definition) is 0. The summed E-state index contributed by atoms with van der Waals surface area (Å²) < 4.78 is 628. The molecule has 2 nitrogen and oxygen atoms in total. The van der Waals surface area contributed by atoms with Gasteiger partial charge in [0.05, 0.1) is 20.1 Å². The van der Waals surface area contributed by atoms with Crippen molar-refractivity contribution in [1.82, 2.24) is 0 Å². The number of carbonyl (C=O) groups is 1. The molecule has 0 amide bonds. The monoisotopic (exact) mass is 2090 g/mol. The van der Waals surface area contributed by atoms with Gasteiger partial charge in [-0.3, -0.25) is 4.79 Å². The third kappa shape index (κ3) is 28.4. The summed E-state index contributed by atoms with van der Waals surface area (Å²) in [4.78, 5) is 13.0. The predicted octanol–water partition coefficient (Wildman–Crippen LogP) is 37.4. The van der Waals surface area contributed by atoms with Crippen molar-refractivity contribution in [1.29, 1.82) is 0 Å². The van der Waals surface area contributed by atoms with Crippen LogP contribution in [0.4, 0.5) is 65.9 Å². The Bertz CT molecular complexity index is 5700. The Hall–Kier alpha value is -8.84. The summed E-state index contributed by atoms with van der Waals surface area (Å²) in [5.74, 6) is -5.58. The molecule has 0 aromatic heterocycles. The van der Waals surface area contributed by atoms with Crippen LogP contribution in [0.15, 0.2) is 222 Å². The average molecular weight is 2100 g/mol. The summed E-state index contributed by atoms with van der Waals surface area (Å²) in [5.41, 5.74) is 8.51. The van der Waals surface area contributed by atoms with Crippen LogP contribution < -0.4 is 56.5 Å². The Morgan fingerprint density at radius 2 is 0.568 bits per heavy atom. The quantitative estimate of drug-likeness (QED) is 0.0372. The van der Waals surface area contributed by atoms with Gasteiger partial charge in [-0.25, -0.2) is 52.7 Å². The molecule has 0 saturated carbocycles. The molecular weight excluding hydrogens is 1760 g/mol. The van der Waals surface area contributed by atoms with E-state index in [1.54, 1.807) is 51.1 Å². The Labute approximate surface area is 878 Å². The molecule has 21 heteroatoms. The Morgan fingerprint density at radius 3 is 0.771 bits per heavy atom. The molecule has 0 radical (unpaired) electrons. The van der Waals surface area contributed by atoms with Crippen molar-refractivity contribution in [2.45, 2.75) is 119 Å². The second kappa shape index (κ2) is 46.1. The van der Waals surface area contributed by atoms with Gasteiger partial charge in [0.25, 0.3) is 0 Å². The van der Waals surface area contributed by atoms with Crippen LogP contribution >= 0.6 is 47.8 Å². The molecule has 118 heavy (non-hydrogen) atoms. The SMILES string of the molecule is C.CC(C)(C)[O-].CCCc1ccc(-c2ccc(-c3cc(F)c(C#CBr)c(F)c3)c(F)c2)cc1.CCCc1ccc(-c2ccc(-c3cc(F)c(C#CC(F)(F)F)c(F)c3)c(F)c2)cc1.CCCc1ccc(-c2ccc(-c3cc(F)c(C=C(Br)Br)c(F)c3)c(F)c2)cc1.CCCc1ccc(-c2ccc(-c3cc(F)c(C=O)c(F)c3)c(F)c2)cc1.[3HH].[3H][3H].[3H][3H].[3H][3H].[3H][3H].[3H][3H].[3H][3H].[3H][3H].[3H][3H].[3H][3H].[3H][3H].[3H][3H].[3H][3H].[3H][3H].[3H][3H].[3H][3H].[3H][3H].[3H][3H].[3H][3H].[3H][3H].[3H][3H].[3H][3H].[3H][3H].[3H][3H].[3H][3H].[3H][3H].[3H][3H].[3H][3H].[3H][3H].[3H][3H].[3H][3H].[3H][3H].[3H][3H].[3H][3H].[3H][3H].[3H][3H].[3H][3H].[3H][3H].[3H][3H].[3H][3H].[3H][3H].[3H][3H].[3H][3H].[K+]. The van der Waals surface area contributed by atoms with Crippen molar-refractivity contribution in [3.05, 3.63) is 336 Å². The molecule has 0 heterocycles. The van der Waals surface area contributed by atoms with Crippen LogP contribution in [0.25, 0.3) is 95.1 Å². The molecule has 0 atom stereocenters. The predicted molar refractivity (Wildman–Crippen MR) is 542 cm³/mol. The zero-order valence-electron chi connectivity index (χ0n) is 149. The van der Waals surface area contributed by atoms with Gasteiger partial charge < -0.3 is 5.11 Å². The first-order chi connectivity index (χ1) is 97.1. The van der Waals surface area contributed by atoms with Crippen LogP contribution in [-0.2, 0) is 25.7 Å². The van der Waals surface area contributed by atoms with E-state index < -0.39 is 92.7 Å². The van der Waals surface area contributed by atoms with Crippen LogP contribution in [0.1, 0.15) is 257 Å². The fourth-order valence-electron chi connectivity index (χ4n) is 12.0. The normalized spacial score (nSPS) is 13.5. The van der Waals surface area contributed by atoms with E-state index in [1.165, 1.54) is 71.2 Å². The van der Waals surface area contributed by atoms with Gasteiger partial charge in [-0.15, -0.1) is 5.60 Å². The largest absolute Gasteiger partial charge is 1.00 e. The van der Waals surface area contributed by atoms with Crippen LogP contribution in [0.2, 0.25) is 0 Å². The molecule has 0 bridgehead atoms. The van der Waals surface area contributed by atoms with E-state index in [0.29, 0.717) is 25.6 Å². The molecule has 0 saturated heterocycles. The van der Waals surface area contributed by atoms with E-state index >= 15 is 0 Å². The fourth-order valence-corrected chi connectivity index (χ4v) is 12.7. The van der Waals surface area contributed by atoms with E-state index in [0.717, 1.165) is 134 Å². The van der Waals surface area contributed by atoms with E-state index in [4.69, 9.17) is 125 Å². The molecule has 12 rings (SSSR count). The fraction of sp³-hybridized carbons (Fsp3) is 0.186. The number of carbonyl (C=O) groups excluding carboxylic acids is 1. The minimum Gasteiger partial charge on any atom is -0.850 e. The number of aldehydes is 1. The summed E-state index contributed by atoms with van der Waals surface area (Å²) in [5, 5.41) is 10.1. The molecule has 0 unspecified atom stereocenters. The van der Waals surface area contributed by atoms with E-state index in [-0.39, 0.29) is 122 Å².